The number of guanidine groups is 1. The van der Waals surface area contributed by atoms with Crippen molar-refractivity contribution in [2.45, 2.75) is 26.3 Å². The highest BCUT2D eigenvalue weighted by molar-refractivity contribution is 6.30. The lowest BCUT2D eigenvalue weighted by molar-refractivity contribution is 0.409. The van der Waals surface area contributed by atoms with E-state index in [1.165, 1.54) is 0 Å². The summed E-state index contributed by atoms with van der Waals surface area (Å²) in [5.74, 6) is 1.58. The van der Waals surface area contributed by atoms with Crippen molar-refractivity contribution in [3.05, 3.63) is 28.8 Å². The molecule has 19 heavy (non-hydrogen) atoms. The minimum absolute atomic E-state index is 0.645. The molecule has 1 rings (SSSR count). The van der Waals surface area contributed by atoms with Crippen molar-refractivity contribution in [3.8, 4) is 5.75 Å². The fraction of sp³-hybridized carbons (Fsp3) is 0.500. The van der Waals surface area contributed by atoms with E-state index in [4.69, 9.17) is 16.3 Å². The molecule has 0 amide bonds. The van der Waals surface area contributed by atoms with Gasteiger partial charge in [0.05, 0.1) is 7.11 Å². The summed E-state index contributed by atoms with van der Waals surface area (Å²) in [6, 6.07) is 5.62. The van der Waals surface area contributed by atoms with Gasteiger partial charge in [0, 0.05) is 30.7 Å². The van der Waals surface area contributed by atoms with Crippen LogP contribution in [-0.4, -0.2) is 26.7 Å². The summed E-state index contributed by atoms with van der Waals surface area (Å²) < 4.78 is 5.31. The molecule has 0 aliphatic heterocycles. The van der Waals surface area contributed by atoms with Crippen molar-refractivity contribution in [1.29, 1.82) is 0 Å². The second-order valence-electron chi connectivity index (χ2n) is 4.16. The zero-order valence-corrected chi connectivity index (χ0v) is 12.5. The number of halogens is 1. The van der Waals surface area contributed by atoms with Gasteiger partial charge in [-0.05, 0) is 18.6 Å². The van der Waals surface area contributed by atoms with Crippen LogP contribution in [0, 0.1) is 0 Å². The van der Waals surface area contributed by atoms with Crippen LogP contribution < -0.4 is 15.4 Å². The Morgan fingerprint density at radius 1 is 1.37 bits per heavy atom. The number of hydrogen-bond donors (Lipinski definition) is 2. The van der Waals surface area contributed by atoms with Gasteiger partial charge in [-0.2, -0.15) is 0 Å². The van der Waals surface area contributed by atoms with Crippen molar-refractivity contribution in [2.24, 2.45) is 4.99 Å². The molecule has 0 radical (unpaired) electrons. The van der Waals surface area contributed by atoms with Gasteiger partial charge in [0.25, 0.3) is 0 Å². The predicted molar refractivity (Wildman–Crippen MR) is 81.1 cm³/mol. The van der Waals surface area contributed by atoms with Crippen molar-refractivity contribution in [1.82, 2.24) is 10.6 Å². The van der Waals surface area contributed by atoms with Crippen LogP contribution in [0.5, 0.6) is 5.75 Å². The molecule has 0 saturated carbocycles. The maximum atomic E-state index is 5.93. The third-order valence-electron chi connectivity index (χ3n) is 2.74. The Labute approximate surface area is 120 Å². The van der Waals surface area contributed by atoms with Gasteiger partial charge < -0.3 is 15.4 Å². The number of aliphatic imine (C=N–C) groups is 1. The van der Waals surface area contributed by atoms with Gasteiger partial charge in [-0.15, -0.1) is 0 Å². The Kier molecular flexibility index (Phi) is 7.11. The first-order valence-corrected chi connectivity index (χ1v) is 6.86. The first-order chi connectivity index (χ1) is 9.21. The Bertz CT molecular complexity index is 421. The predicted octanol–water partition coefficient (Wildman–Crippen LogP) is 2.81. The Morgan fingerprint density at radius 2 is 2.16 bits per heavy atom. The van der Waals surface area contributed by atoms with E-state index in [1.54, 1.807) is 14.2 Å². The zero-order valence-electron chi connectivity index (χ0n) is 11.8. The van der Waals surface area contributed by atoms with Gasteiger partial charge in [0.2, 0.25) is 0 Å². The van der Waals surface area contributed by atoms with Crippen molar-refractivity contribution >= 4 is 17.6 Å². The van der Waals surface area contributed by atoms with Crippen molar-refractivity contribution in [2.75, 3.05) is 20.7 Å². The van der Waals surface area contributed by atoms with E-state index < -0.39 is 0 Å². The second-order valence-corrected chi connectivity index (χ2v) is 4.60. The van der Waals surface area contributed by atoms with Crippen LogP contribution >= 0.6 is 11.6 Å². The summed E-state index contributed by atoms with van der Waals surface area (Å²) in [4.78, 5) is 4.18. The van der Waals surface area contributed by atoms with Crippen LogP contribution in [0.15, 0.2) is 23.2 Å². The quantitative estimate of drug-likeness (QED) is 0.479. The molecule has 0 unspecified atom stereocenters. The summed E-state index contributed by atoms with van der Waals surface area (Å²) >= 11 is 5.93. The highest BCUT2D eigenvalue weighted by Gasteiger charge is 2.04. The molecule has 0 aliphatic rings. The second kappa shape index (κ2) is 8.64. The molecule has 1 aromatic carbocycles. The highest BCUT2D eigenvalue weighted by atomic mass is 35.5. The first-order valence-electron chi connectivity index (χ1n) is 6.48. The maximum Gasteiger partial charge on any atom is 0.191 e. The van der Waals surface area contributed by atoms with Crippen LogP contribution in [0.1, 0.15) is 25.3 Å². The highest BCUT2D eigenvalue weighted by Crippen LogP contribution is 2.22. The first kappa shape index (κ1) is 15.6. The van der Waals surface area contributed by atoms with Gasteiger partial charge >= 0.3 is 0 Å². The third kappa shape index (κ3) is 5.39. The van der Waals surface area contributed by atoms with Crippen LogP contribution in [0.4, 0.5) is 0 Å². The summed E-state index contributed by atoms with van der Waals surface area (Å²) in [7, 11) is 3.41. The smallest absolute Gasteiger partial charge is 0.191 e. The van der Waals surface area contributed by atoms with E-state index in [-0.39, 0.29) is 0 Å². The molecule has 0 aliphatic carbocycles. The lowest BCUT2D eigenvalue weighted by Gasteiger charge is -2.13. The third-order valence-corrected chi connectivity index (χ3v) is 2.98. The van der Waals surface area contributed by atoms with Crippen LogP contribution in [0.3, 0.4) is 0 Å². The molecule has 0 spiro atoms. The molecular weight excluding hydrogens is 262 g/mol. The van der Waals surface area contributed by atoms with Crippen LogP contribution in [0.2, 0.25) is 5.02 Å². The molecule has 106 valence electrons. The maximum absolute atomic E-state index is 5.93. The van der Waals surface area contributed by atoms with E-state index >= 15 is 0 Å². The number of nitrogens with one attached hydrogen (secondary N) is 2. The molecule has 0 fully saturated rings. The number of ether oxygens (including phenoxy) is 1. The molecular formula is C14H22ClN3O. The number of hydrogen-bond acceptors (Lipinski definition) is 2. The molecule has 0 atom stereocenters. The Morgan fingerprint density at radius 3 is 2.79 bits per heavy atom. The molecule has 0 heterocycles. The lowest BCUT2D eigenvalue weighted by atomic mass is 10.2. The SMILES string of the molecule is CCCCNC(=NC)NCc1ccc(Cl)cc1OC. The minimum Gasteiger partial charge on any atom is -0.496 e. The number of unbranched alkanes of at least 4 members (excludes halogenated alkanes) is 1. The summed E-state index contributed by atoms with van der Waals surface area (Å²) in [6.45, 7) is 3.73. The number of nitrogens with zero attached hydrogens (tertiary/aromatic N) is 1. The molecule has 4 nitrogen and oxygen atoms in total. The lowest BCUT2D eigenvalue weighted by Crippen LogP contribution is -2.37. The normalized spacial score (nSPS) is 11.3. The van der Waals surface area contributed by atoms with Crippen molar-refractivity contribution < 1.29 is 4.74 Å². The zero-order chi connectivity index (χ0) is 14.1. The van der Waals surface area contributed by atoms with Crippen LogP contribution in [-0.2, 0) is 6.54 Å². The van der Waals surface area contributed by atoms with E-state index in [0.29, 0.717) is 11.6 Å². The minimum atomic E-state index is 0.645. The average Bonchev–Trinajstić information content (AvgIpc) is 2.43. The number of methoxy groups -OCH3 is 1. The monoisotopic (exact) mass is 283 g/mol. The molecule has 5 heteroatoms. The van der Waals surface area contributed by atoms with E-state index in [1.807, 2.05) is 18.2 Å². The average molecular weight is 284 g/mol. The van der Waals surface area contributed by atoms with Gasteiger partial charge in [-0.1, -0.05) is 31.0 Å². The summed E-state index contributed by atoms with van der Waals surface area (Å²) in [5.41, 5.74) is 1.05. The largest absolute Gasteiger partial charge is 0.496 e. The van der Waals surface area contributed by atoms with Gasteiger partial charge in [0.1, 0.15) is 5.75 Å². The molecule has 0 bridgehead atoms. The van der Waals surface area contributed by atoms with Gasteiger partial charge in [-0.25, -0.2) is 0 Å². The van der Waals surface area contributed by atoms with Crippen molar-refractivity contribution in [3.63, 3.8) is 0 Å². The summed E-state index contributed by atoms with van der Waals surface area (Å²) in [5, 5.41) is 7.19. The van der Waals surface area contributed by atoms with Gasteiger partial charge in [0.15, 0.2) is 5.96 Å². The van der Waals surface area contributed by atoms with Gasteiger partial charge in [-0.3, -0.25) is 4.99 Å². The van der Waals surface area contributed by atoms with Crippen LogP contribution in [0.25, 0.3) is 0 Å². The fourth-order valence-electron chi connectivity index (χ4n) is 1.65. The molecule has 0 saturated heterocycles. The van der Waals surface area contributed by atoms with E-state index in [0.717, 1.165) is 36.7 Å². The Hall–Kier alpha value is -1.42. The molecule has 2 N–H and O–H groups in total. The molecule has 1 aromatic rings. The topological polar surface area (TPSA) is 45.7 Å². The number of rotatable bonds is 6. The standard InChI is InChI=1S/C14H22ClN3O/c1-4-5-8-17-14(16-2)18-10-11-6-7-12(15)9-13(11)19-3/h6-7,9H,4-5,8,10H2,1-3H3,(H2,16,17,18). The summed E-state index contributed by atoms with van der Waals surface area (Å²) in [6.07, 6.45) is 2.29. The Balaban J connectivity index is 2.55. The fourth-order valence-corrected chi connectivity index (χ4v) is 1.81. The van der Waals surface area contributed by atoms with E-state index in [9.17, 15) is 0 Å². The van der Waals surface area contributed by atoms with E-state index in [2.05, 4.69) is 22.5 Å². The number of benzene rings is 1. The molecule has 0 aromatic heterocycles.